The predicted octanol–water partition coefficient (Wildman–Crippen LogP) is 2.87. The highest BCUT2D eigenvalue weighted by molar-refractivity contribution is 7.93. The molecule has 1 N–H and O–H groups in total. The smallest absolute Gasteiger partial charge is 0.336 e. The fourth-order valence-electron chi connectivity index (χ4n) is 2.40. The Morgan fingerprint density at radius 2 is 1.54 bits per heavy atom. The van der Waals surface area contributed by atoms with E-state index in [-0.39, 0.29) is 0 Å². The molecule has 0 bridgehead atoms. The van der Waals surface area contributed by atoms with E-state index in [9.17, 15) is 18.3 Å². The number of carbonyl (C=O) groups excluding carboxylic acids is 1. The highest BCUT2D eigenvalue weighted by Gasteiger charge is 2.30. The van der Waals surface area contributed by atoms with Crippen LogP contribution in [0, 0.1) is 6.92 Å². The number of anilines is 1. The van der Waals surface area contributed by atoms with Gasteiger partial charge in [0.05, 0.1) is 24.6 Å². The van der Waals surface area contributed by atoms with Crippen LogP contribution in [0.3, 0.4) is 0 Å². The van der Waals surface area contributed by atoms with Gasteiger partial charge in [-0.3, -0.25) is 4.31 Å². The summed E-state index contributed by atoms with van der Waals surface area (Å²) >= 11 is 0. The number of carbonyl (C=O) groups is 1. The Morgan fingerprint density at radius 3 is 2.00 bits per heavy atom. The number of hydrogen-bond acceptors (Lipinski definition) is 6. The summed E-state index contributed by atoms with van der Waals surface area (Å²) in [5, 5.41) is 9.23. The van der Waals surface area contributed by atoms with Gasteiger partial charge in [-0.05, 0) is 57.2 Å². The van der Waals surface area contributed by atoms with E-state index in [1.54, 1.807) is 24.3 Å². The summed E-state index contributed by atoms with van der Waals surface area (Å²) in [4.78, 5) is 11.5. The molecule has 0 radical (unpaired) electrons. The minimum Gasteiger partial charge on any atom is -0.467 e. The van der Waals surface area contributed by atoms with E-state index in [0.717, 1.165) is 17.0 Å². The Kier molecular flexibility index (Phi) is 7.04. The van der Waals surface area contributed by atoms with Gasteiger partial charge in [0.2, 0.25) is 10.0 Å². The number of aliphatic hydroxyl groups excluding tert-OH is 1. The molecule has 0 aromatic heterocycles. The molecule has 28 heavy (non-hydrogen) atoms. The zero-order valence-corrected chi connectivity index (χ0v) is 17.1. The van der Waals surface area contributed by atoms with Crippen LogP contribution < -0.4 is 9.04 Å². The van der Waals surface area contributed by atoms with Crippen LogP contribution in [0.15, 0.2) is 48.5 Å². The van der Waals surface area contributed by atoms with Crippen LogP contribution in [0.25, 0.3) is 0 Å². The summed E-state index contributed by atoms with van der Waals surface area (Å²) in [6.07, 6.45) is -1.60. The normalized spacial score (nSPS) is 12.5. The Hall–Kier alpha value is -2.58. The molecule has 0 saturated heterocycles. The van der Waals surface area contributed by atoms with Crippen LogP contribution in [-0.2, 0) is 19.6 Å². The van der Waals surface area contributed by atoms with Crippen molar-refractivity contribution < 1.29 is 27.8 Å². The fourth-order valence-corrected chi connectivity index (χ4v) is 3.67. The molecule has 1 atom stereocenters. The van der Waals surface area contributed by atoms with E-state index < -0.39 is 33.9 Å². The zero-order chi connectivity index (χ0) is 20.9. The lowest BCUT2D eigenvalue weighted by Crippen LogP contribution is -2.44. The SMILES string of the molecule is COC(=O)[C@@H](O)CN(c1ccc(Oc2ccc(C)cc2)cc1)S(=O)(=O)C(C)C. The van der Waals surface area contributed by atoms with Crippen LogP contribution in [0.4, 0.5) is 5.69 Å². The largest absolute Gasteiger partial charge is 0.467 e. The van der Waals surface area contributed by atoms with Crippen molar-refractivity contribution in [3.8, 4) is 11.5 Å². The average molecular weight is 407 g/mol. The summed E-state index contributed by atoms with van der Waals surface area (Å²) in [5.74, 6) is 0.289. The Bertz CT molecular complexity index is 891. The Morgan fingerprint density at radius 1 is 1.04 bits per heavy atom. The number of benzene rings is 2. The lowest BCUT2D eigenvalue weighted by Gasteiger charge is -2.28. The fraction of sp³-hybridized carbons (Fsp3) is 0.350. The molecule has 0 aliphatic carbocycles. The second kappa shape index (κ2) is 9.07. The van der Waals surface area contributed by atoms with Crippen molar-refractivity contribution in [3.63, 3.8) is 0 Å². The summed E-state index contributed by atoms with van der Waals surface area (Å²) in [6, 6.07) is 13.9. The van der Waals surface area contributed by atoms with Gasteiger partial charge in [0.1, 0.15) is 11.5 Å². The first-order chi connectivity index (χ1) is 13.1. The van der Waals surface area contributed by atoms with E-state index >= 15 is 0 Å². The third-order valence-electron chi connectivity index (χ3n) is 4.10. The van der Waals surface area contributed by atoms with Gasteiger partial charge in [-0.1, -0.05) is 17.7 Å². The summed E-state index contributed by atoms with van der Waals surface area (Å²) < 4.78 is 36.7. The number of rotatable bonds is 8. The summed E-state index contributed by atoms with van der Waals surface area (Å²) in [7, 11) is -2.65. The number of aliphatic hydroxyl groups is 1. The number of aryl methyl sites for hydroxylation is 1. The first kappa shape index (κ1) is 21.7. The van der Waals surface area contributed by atoms with Crippen LogP contribution in [0.5, 0.6) is 11.5 Å². The molecule has 0 saturated carbocycles. The highest BCUT2D eigenvalue weighted by atomic mass is 32.2. The number of ether oxygens (including phenoxy) is 2. The lowest BCUT2D eigenvalue weighted by atomic mass is 10.2. The summed E-state index contributed by atoms with van der Waals surface area (Å²) in [5.41, 5.74) is 1.43. The molecule has 8 heteroatoms. The highest BCUT2D eigenvalue weighted by Crippen LogP contribution is 2.27. The maximum Gasteiger partial charge on any atom is 0.336 e. The molecule has 0 fully saturated rings. The van der Waals surface area contributed by atoms with Crippen molar-refractivity contribution >= 4 is 21.7 Å². The van der Waals surface area contributed by atoms with Crippen molar-refractivity contribution in [1.29, 1.82) is 0 Å². The average Bonchev–Trinajstić information content (AvgIpc) is 2.67. The topological polar surface area (TPSA) is 93.1 Å². The van der Waals surface area contributed by atoms with Gasteiger partial charge >= 0.3 is 5.97 Å². The van der Waals surface area contributed by atoms with E-state index in [1.807, 2.05) is 31.2 Å². The molecule has 0 spiro atoms. The van der Waals surface area contributed by atoms with Gasteiger partial charge in [0, 0.05) is 0 Å². The van der Waals surface area contributed by atoms with E-state index in [0.29, 0.717) is 17.2 Å². The van der Waals surface area contributed by atoms with E-state index in [2.05, 4.69) is 4.74 Å². The third-order valence-corrected chi connectivity index (χ3v) is 6.26. The van der Waals surface area contributed by atoms with Crippen LogP contribution in [-0.4, -0.2) is 44.5 Å². The van der Waals surface area contributed by atoms with Crippen LogP contribution in [0.2, 0.25) is 0 Å². The van der Waals surface area contributed by atoms with Crippen molar-refractivity contribution in [2.24, 2.45) is 0 Å². The summed E-state index contributed by atoms with van der Waals surface area (Å²) in [6.45, 7) is 4.60. The van der Waals surface area contributed by atoms with Gasteiger partial charge in [-0.25, -0.2) is 13.2 Å². The standard InChI is InChI=1S/C20H25NO6S/c1-14(2)28(24,25)21(13-19(22)20(23)26-4)16-7-11-18(12-8-16)27-17-9-5-15(3)6-10-17/h5-12,14,19,22H,13H2,1-4H3/t19-/m0/s1. The molecule has 0 amide bonds. The maximum atomic E-state index is 12.7. The van der Waals surface area contributed by atoms with Crippen molar-refractivity contribution in [2.45, 2.75) is 32.1 Å². The van der Waals surface area contributed by atoms with Gasteiger partial charge in [0.25, 0.3) is 0 Å². The molecule has 0 aliphatic heterocycles. The maximum absolute atomic E-state index is 12.7. The zero-order valence-electron chi connectivity index (χ0n) is 16.3. The molecular formula is C20H25NO6S. The molecule has 7 nitrogen and oxygen atoms in total. The molecule has 2 aromatic rings. The number of methoxy groups -OCH3 is 1. The number of sulfonamides is 1. The number of hydrogen-bond donors (Lipinski definition) is 1. The van der Waals surface area contributed by atoms with Crippen molar-refractivity contribution in [1.82, 2.24) is 0 Å². The van der Waals surface area contributed by atoms with Gasteiger partial charge in [0.15, 0.2) is 6.10 Å². The van der Waals surface area contributed by atoms with Crippen LogP contribution in [0.1, 0.15) is 19.4 Å². The Balaban J connectivity index is 2.27. The molecule has 2 aromatic carbocycles. The first-order valence-electron chi connectivity index (χ1n) is 8.77. The molecule has 0 aliphatic rings. The van der Waals surface area contributed by atoms with Crippen molar-refractivity contribution in [3.05, 3.63) is 54.1 Å². The van der Waals surface area contributed by atoms with Crippen molar-refractivity contribution in [2.75, 3.05) is 18.0 Å². The third kappa shape index (κ3) is 5.24. The minimum atomic E-state index is -3.78. The molecular weight excluding hydrogens is 382 g/mol. The molecule has 152 valence electrons. The minimum absolute atomic E-state index is 0.313. The Labute approximate surface area is 165 Å². The van der Waals surface area contributed by atoms with E-state index in [1.165, 1.54) is 13.8 Å². The number of esters is 1. The quantitative estimate of drug-likeness (QED) is 0.677. The van der Waals surface area contributed by atoms with Crippen LogP contribution >= 0.6 is 0 Å². The second-order valence-electron chi connectivity index (χ2n) is 6.57. The van der Waals surface area contributed by atoms with Gasteiger partial charge in [-0.15, -0.1) is 0 Å². The number of nitrogens with zero attached hydrogens (tertiary/aromatic N) is 1. The molecule has 2 rings (SSSR count). The van der Waals surface area contributed by atoms with Gasteiger partial charge in [-0.2, -0.15) is 0 Å². The van der Waals surface area contributed by atoms with Gasteiger partial charge < -0.3 is 14.6 Å². The lowest BCUT2D eigenvalue weighted by molar-refractivity contribution is -0.149. The molecule has 0 unspecified atom stereocenters. The van der Waals surface area contributed by atoms with E-state index in [4.69, 9.17) is 4.74 Å². The monoisotopic (exact) mass is 407 g/mol. The molecule has 0 heterocycles. The predicted molar refractivity (Wildman–Crippen MR) is 107 cm³/mol. The second-order valence-corrected chi connectivity index (χ2v) is 8.99. The first-order valence-corrected chi connectivity index (χ1v) is 10.3.